The molecule has 0 saturated carbocycles. The zero-order chi connectivity index (χ0) is 17.8. The molecule has 0 aliphatic heterocycles. The monoisotopic (exact) mass is 339 g/mol. The Morgan fingerprint density at radius 3 is 2.64 bits per heavy atom. The molecule has 3 aromatic rings. The summed E-state index contributed by atoms with van der Waals surface area (Å²) in [6.07, 6.45) is 3.48. The Hall–Kier alpha value is -3.35. The molecular weight excluding hydrogens is 322 g/mol. The third-order valence-corrected chi connectivity index (χ3v) is 3.58. The van der Waals surface area contributed by atoms with Crippen LogP contribution < -0.4 is 10.1 Å². The maximum atomic E-state index is 12.3. The molecule has 3 rings (SSSR count). The van der Waals surface area contributed by atoms with Gasteiger partial charge in [-0.15, -0.1) is 0 Å². The van der Waals surface area contributed by atoms with Gasteiger partial charge in [0.05, 0.1) is 6.20 Å². The molecule has 1 amide bonds. The highest BCUT2D eigenvalue weighted by Gasteiger charge is 2.11. The fourth-order valence-corrected chi connectivity index (χ4v) is 2.54. The number of hydrogen-bond donors (Lipinski definition) is 2. The van der Waals surface area contributed by atoms with Crippen molar-refractivity contribution in [3.05, 3.63) is 54.4 Å². The van der Waals surface area contributed by atoms with Crippen molar-refractivity contribution in [1.82, 2.24) is 9.78 Å². The fraction of sp³-hybridized carbons (Fsp3) is 0.167. The number of carbonyl (C=O) groups excluding carboxylic acids is 1. The molecule has 0 aliphatic carbocycles. The number of benzene rings is 2. The molecule has 25 heavy (non-hydrogen) atoms. The highest BCUT2D eigenvalue weighted by atomic mass is 16.5. The third-order valence-electron chi connectivity index (χ3n) is 3.58. The number of aliphatic carboxylic acids is 1. The van der Waals surface area contributed by atoms with Crippen molar-refractivity contribution in [2.45, 2.75) is 13.5 Å². The maximum absolute atomic E-state index is 12.3. The molecule has 0 spiro atoms. The summed E-state index contributed by atoms with van der Waals surface area (Å²) in [5.74, 6) is -0.790. The summed E-state index contributed by atoms with van der Waals surface area (Å²) < 4.78 is 6.88. The first-order valence-electron chi connectivity index (χ1n) is 7.68. The minimum Gasteiger partial charge on any atom is -0.481 e. The highest BCUT2D eigenvalue weighted by molar-refractivity contribution is 6.04. The summed E-state index contributed by atoms with van der Waals surface area (Å²) in [6.45, 7) is 1.60. The summed E-state index contributed by atoms with van der Waals surface area (Å²) >= 11 is 0. The van der Waals surface area contributed by atoms with Gasteiger partial charge in [-0.25, -0.2) is 4.79 Å². The Labute approximate surface area is 143 Å². The highest BCUT2D eigenvalue weighted by Crippen LogP contribution is 2.31. The van der Waals surface area contributed by atoms with Crippen molar-refractivity contribution < 1.29 is 19.4 Å². The minimum absolute atomic E-state index is 0.111. The number of hydrogen-bond acceptors (Lipinski definition) is 4. The van der Waals surface area contributed by atoms with E-state index < -0.39 is 12.6 Å². The maximum Gasteiger partial charge on any atom is 0.341 e. The van der Waals surface area contributed by atoms with Gasteiger partial charge in [0.2, 0.25) is 5.91 Å². The number of aromatic nitrogens is 2. The van der Waals surface area contributed by atoms with Crippen LogP contribution in [0.25, 0.3) is 10.8 Å². The van der Waals surface area contributed by atoms with Crippen LogP contribution in [0.2, 0.25) is 0 Å². The van der Waals surface area contributed by atoms with Crippen LogP contribution in [0.1, 0.15) is 5.56 Å². The number of aryl methyl sites for hydroxylation is 1. The van der Waals surface area contributed by atoms with E-state index in [1.165, 1.54) is 0 Å². The molecule has 2 N–H and O–H groups in total. The van der Waals surface area contributed by atoms with Crippen molar-refractivity contribution in [2.24, 2.45) is 0 Å². The Balaban J connectivity index is 1.83. The fourth-order valence-electron chi connectivity index (χ4n) is 2.54. The van der Waals surface area contributed by atoms with Gasteiger partial charge < -0.3 is 15.2 Å². The second kappa shape index (κ2) is 7.04. The van der Waals surface area contributed by atoms with Crippen molar-refractivity contribution in [3.63, 3.8) is 0 Å². The van der Waals surface area contributed by atoms with Gasteiger partial charge >= 0.3 is 5.97 Å². The van der Waals surface area contributed by atoms with Gasteiger partial charge in [-0.3, -0.25) is 9.48 Å². The van der Waals surface area contributed by atoms with Gasteiger partial charge in [0.25, 0.3) is 0 Å². The van der Waals surface area contributed by atoms with Crippen LogP contribution in [-0.2, 0) is 16.1 Å². The predicted molar refractivity (Wildman–Crippen MR) is 92.7 cm³/mol. The van der Waals surface area contributed by atoms with Crippen molar-refractivity contribution in [2.75, 3.05) is 11.9 Å². The standard InChI is InChI=1S/C18H17N3O4/c1-12-8-19-21(9-12)10-17(22)20-15-6-7-16(25-11-18(23)24)14-5-3-2-4-13(14)15/h2-9H,10-11H2,1H3,(H,20,22)(H,23,24). The summed E-state index contributed by atoms with van der Waals surface area (Å²) in [5, 5.41) is 17.2. The van der Waals surface area contributed by atoms with Crippen LogP contribution in [0.5, 0.6) is 5.75 Å². The number of fused-ring (bicyclic) bond motifs is 1. The molecule has 0 bridgehead atoms. The summed E-state index contributed by atoms with van der Waals surface area (Å²) in [6, 6.07) is 10.7. The molecule has 7 nitrogen and oxygen atoms in total. The van der Waals surface area contributed by atoms with Gasteiger partial charge in [0, 0.05) is 22.7 Å². The molecule has 0 unspecified atom stereocenters. The van der Waals surface area contributed by atoms with Crippen LogP contribution in [0.4, 0.5) is 5.69 Å². The molecule has 7 heteroatoms. The Morgan fingerprint density at radius 1 is 1.20 bits per heavy atom. The molecule has 0 aliphatic rings. The second-order valence-electron chi connectivity index (χ2n) is 5.60. The van der Waals surface area contributed by atoms with E-state index in [0.717, 1.165) is 16.3 Å². The largest absolute Gasteiger partial charge is 0.481 e. The van der Waals surface area contributed by atoms with E-state index in [0.29, 0.717) is 11.4 Å². The van der Waals surface area contributed by atoms with E-state index in [4.69, 9.17) is 9.84 Å². The lowest BCUT2D eigenvalue weighted by Gasteiger charge is -2.12. The van der Waals surface area contributed by atoms with E-state index in [9.17, 15) is 9.59 Å². The van der Waals surface area contributed by atoms with Crippen LogP contribution in [0.15, 0.2) is 48.8 Å². The molecule has 0 radical (unpaired) electrons. The number of anilines is 1. The summed E-state index contributed by atoms with van der Waals surface area (Å²) in [7, 11) is 0. The van der Waals surface area contributed by atoms with E-state index in [1.807, 2.05) is 31.2 Å². The lowest BCUT2D eigenvalue weighted by atomic mass is 10.1. The van der Waals surface area contributed by atoms with Crippen LogP contribution in [0, 0.1) is 6.92 Å². The first kappa shape index (κ1) is 16.5. The van der Waals surface area contributed by atoms with Gasteiger partial charge in [-0.1, -0.05) is 24.3 Å². The summed E-state index contributed by atoms with van der Waals surface area (Å²) in [4.78, 5) is 23.0. The molecule has 0 fully saturated rings. The van der Waals surface area contributed by atoms with Crippen molar-refractivity contribution in [3.8, 4) is 5.75 Å². The number of nitrogens with one attached hydrogen (secondary N) is 1. The molecule has 0 atom stereocenters. The summed E-state index contributed by atoms with van der Waals surface area (Å²) in [5.41, 5.74) is 1.62. The minimum atomic E-state index is -1.05. The van der Waals surface area contributed by atoms with Crippen molar-refractivity contribution in [1.29, 1.82) is 0 Å². The first-order valence-corrected chi connectivity index (χ1v) is 7.68. The van der Waals surface area contributed by atoms with Gasteiger partial charge in [-0.2, -0.15) is 5.10 Å². The van der Waals surface area contributed by atoms with Gasteiger partial charge in [0.1, 0.15) is 12.3 Å². The van der Waals surface area contributed by atoms with Gasteiger partial charge in [0.15, 0.2) is 6.61 Å². The van der Waals surface area contributed by atoms with Gasteiger partial charge in [-0.05, 0) is 24.6 Å². The smallest absolute Gasteiger partial charge is 0.341 e. The zero-order valence-corrected chi connectivity index (χ0v) is 13.6. The quantitative estimate of drug-likeness (QED) is 0.719. The normalized spacial score (nSPS) is 10.6. The van der Waals surface area contributed by atoms with Crippen LogP contribution >= 0.6 is 0 Å². The average molecular weight is 339 g/mol. The second-order valence-corrected chi connectivity index (χ2v) is 5.60. The number of carboxylic acid groups (broad SMARTS) is 1. The van der Waals surface area contributed by atoms with Crippen LogP contribution in [-0.4, -0.2) is 33.4 Å². The van der Waals surface area contributed by atoms with E-state index in [1.54, 1.807) is 29.2 Å². The molecule has 2 aromatic carbocycles. The van der Waals surface area contributed by atoms with E-state index >= 15 is 0 Å². The SMILES string of the molecule is Cc1cnn(CC(=O)Nc2ccc(OCC(=O)O)c3ccccc23)c1. The number of nitrogens with zero attached hydrogens (tertiary/aromatic N) is 2. The first-order chi connectivity index (χ1) is 12.0. The number of ether oxygens (including phenoxy) is 1. The van der Waals surface area contributed by atoms with Crippen LogP contribution in [0.3, 0.4) is 0 Å². The topological polar surface area (TPSA) is 93.5 Å². The predicted octanol–water partition coefficient (Wildman–Crippen LogP) is 2.45. The average Bonchev–Trinajstić information content (AvgIpc) is 2.98. The van der Waals surface area contributed by atoms with E-state index in [-0.39, 0.29) is 12.5 Å². The molecule has 1 heterocycles. The Kier molecular flexibility index (Phi) is 4.65. The van der Waals surface area contributed by atoms with E-state index in [2.05, 4.69) is 10.4 Å². The third kappa shape index (κ3) is 3.95. The Bertz CT molecular complexity index is 933. The number of amides is 1. The lowest BCUT2D eigenvalue weighted by Crippen LogP contribution is -2.19. The number of rotatable bonds is 6. The molecule has 1 aromatic heterocycles. The molecule has 128 valence electrons. The molecule has 0 saturated heterocycles. The molecular formula is C18H17N3O4. The van der Waals surface area contributed by atoms with Crippen molar-refractivity contribution >= 4 is 28.3 Å². The number of carbonyl (C=O) groups is 2. The number of carboxylic acids is 1. The zero-order valence-electron chi connectivity index (χ0n) is 13.6. The Morgan fingerprint density at radius 2 is 1.96 bits per heavy atom. The lowest BCUT2D eigenvalue weighted by molar-refractivity contribution is -0.139.